The Bertz CT molecular complexity index is 457. The van der Waals surface area contributed by atoms with Crippen molar-refractivity contribution in [3.05, 3.63) is 0 Å². The van der Waals surface area contributed by atoms with Crippen LogP contribution in [0.15, 0.2) is 0 Å². The topological polar surface area (TPSA) is 132 Å². The highest BCUT2D eigenvalue weighted by atomic mass is 16.7. The first-order valence-electron chi connectivity index (χ1n) is 9.53. The molecular weight excluding hydrogens is 372 g/mol. The molecule has 0 heterocycles. The van der Waals surface area contributed by atoms with Gasteiger partial charge >= 0.3 is 12.1 Å². The van der Waals surface area contributed by atoms with Crippen molar-refractivity contribution >= 4 is 18.0 Å². The number of carbonyl (C=O) groups is 3. The van der Waals surface area contributed by atoms with Crippen molar-refractivity contribution in [2.24, 2.45) is 0 Å². The van der Waals surface area contributed by atoms with Crippen molar-refractivity contribution in [2.45, 2.75) is 64.9 Å². The normalized spacial score (nSPS) is 13.9. The molecule has 0 aromatic rings. The van der Waals surface area contributed by atoms with Crippen LogP contribution in [0.3, 0.4) is 0 Å². The molecule has 0 aliphatic rings. The average Bonchev–Trinajstić information content (AvgIpc) is 2.68. The van der Waals surface area contributed by atoms with E-state index < -0.39 is 36.4 Å². The van der Waals surface area contributed by atoms with Crippen LogP contribution < -0.4 is 10.6 Å². The standard InChI is InChI=1S/C18H34N2O8/c1-5-7-10-26-17(23)13(3)20-15(22)8-9-19-18(24)27-12-16(25-4)28-14(6-2)11-21/h13-14,16,21H,5-12H2,1-4H3,(H,19,24)(H,20,22)/t13-,14?,16?/m0/s1. The van der Waals surface area contributed by atoms with Crippen LogP contribution in [0.25, 0.3) is 0 Å². The van der Waals surface area contributed by atoms with Gasteiger partial charge in [-0.1, -0.05) is 20.3 Å². The molecule has 10 nitrogen and oxygen atoms in total. The molecule has 0 aromatic heterocycles. The van der Waals surface area contributed by atoms with E-state index in [0.717, 1.165) is 12.8 Å². The molecule has 0 saturated heterocycles. The maximum absolute atomic E-state index is 11.8. The summed E-state index contributed by atoms with van der Waals surface area (Å²) in [5.74, 6) is -0.889. The number of alkyl carbamates (subject to hydrolysis) is 1. The Hall–Kier alpha value is -1.91. The fourth-order valence-corrected chi connectivity index (χ4v) is 1.93. The number of amides is 2. The van der Waals surface area contributed by atoms with Crippen LogP contribution in [0.2, 0.25) is 0 Å². The molecule has 3 N–H and O–H groups in total. The molecular formula is C18H34N2O8. The molecule has 3 atom stereocenters. The Labute approximate surface area is 166 Å². The summed E-state index contributed by atoms with van der Waals surface area (Å²) in [5, 5.41) is 14.0. The number of aliphatic hydroxyl groups excluding tert-OH is 1. The number of esters is 1. The summed E-state index contributed by atoms with van der Waals surface area (Å²) < 4.78 is 20.4. The number of aliphatic hydroxyl groups is 1. The number of methoxy groups -OCH3 is 1. The van der Waals surface area contributed by atoms with Gasteiger partial charge in [-0.15, -0.1) is 0 Å². The lowest BCUT2D eigenvalue weighted by molar-refractivity contribution is -0.181. The molecule has 0 aliphatic heterocycles. The van der Waals surface area contributed by atoms with Gasteiger partial charge in [0.05, 0.1) is 19.3 Å². The second-order valence-corrected chi connectivity index (χ2v) is 6.10. The number of nitrogens with one attached hydrogen (secondary N) is 2. The number of rotatable bonds is 15. The molecule has 0 saturated carbocycles. The van der Waals surface area contributed by atoms with Gasteiger partial charge in [-0.2, -0.15) is 0 Å². The lowest BCUT2D eigenvalue weighted by Gasteiger charge is -2.21. The minimum Gasteiger partial charge on any atom is -0.464 e. The van der Waals surface area contributed by atoms with Crippen molar-refractivity contribution in [1.29, 1.82) is 0 Å². The Balaban J connectivity index is 4.00. The number of hydrogen-bond acceptors (Lipinski definition) is 8. The lowest BCUT2D eigenvalue weighted by Crippen LogP contribution is -2.41. The third-order valence-corrected chi connectivity index (χ3v) is 3.71. The first kappa shape index (κ1) is 26.1. The van der Waals surface area contributed by atoms with E-state index in [9.17, 15) is 14.4 Å². The van der Waals surface area contributed by atoms with Crippen LogP contribution in [-0.4, -0.2) is 75.0 Å². The minimum atomic E-state index is -0.800. The molecule has 164 valence electrons. The van der Waals surface area contributed by atoms with E-state index in [-0.39, 0.29) is 26.2 Å². The summed E-state index contributed by atoms with van der Waals surface area (Å²) in [6.07, 6.45) is 0.306. The zero-order chi connectivity index (χ0) is 21.4. The maximum atomic E-state index is 11.8. The summed E-state index contributed by atoms with van der Waals surface area (Å²) in [6, 6.07) is -0.756. The van der Waals surface area contributed by atoms with Crippen molar-refractivity contribution in [3.63, 3.8) is 0 Å². The second kappa shape index (κ2) is 16.1. The highest BCUT2D eigenvalue weighted by molar-refractivity contribution is 5.84. The van der Waals surface area contributed by atoms with Crippen molar-refractivity contribution in [3.8, 4) is 0 Å². The van der Waals surface area contributed by atoms with Gasteiger partial charge in [-0.3, -0.25) is 4.79 Å². The molecule has 0 fully saturated rings. The Morgan fingerprint density at radius 3 is 2.43 bits per heavy atom. The summed E-state index contributed by atoms with van der Waals surface area (Å²) in [5.41, 5.74) is 0. The Kier molecular flexibility index (Phi) is 15.0. The van der Waals surface area contributed by atoms with Gasteiger partial charge in [-0.05, 0) is 19.8 Å². The van der Waals surface area contributed by atoms with Crippen LogP contribution in [0.1, 0.15) is 46.5 Å². The number of unbranched alkanes of at least 4 members (excludes halogenated alkanes) is 1. The number of hydrogen-bond donors (Lipinski definition) is 3. The van der Waals surface area contributed by atoms with Crippen LogP contribution in [0.4, 0.5) is 4.79 Å². The fourth-order valence-electron chi connectivity index (χ4n) is 1.93. The van der Waals surface area contributed by atoms with E-state index in [1.54, 1.807) is 0 Å². The van der Waals surface area contributed by atoms with Gasteiger partial charge in [0.2, 0.25) is 5.91 Å². The zero-order valence-corrected chi connectivity index (χ0v) is 17.2. The van der Waals surface area contributed by atoms with Crippen molar-refractivity contribution < 1.29 is 38.4 Å². The molecule has 0 bridgehead atoms. The molecule has 28 heavy (non-hydrogen) atoms. The zero-order valence-electron chi connectivity index (χ0n) is 17.2. The Morgan fingerprint density at radius 2 is 1.86 bits per heavy atom. The van der Waals surface area contributed by atoms with E-state index in [1.165, 1.54) is 14.0 Å². The van der Waals surface area contributed by atoms with Crippen molar-refractivity contribution in [2.75, 3.05) is 33.5 Å². The van der Waals surface area contributed by atoms with Gasteiger partial charge in [0.15, 0.2) is 6.29 Å². The van der Waals surface area contributed by atoms with Gasteiger partial charge in [-0.25, -0.2) is 9.59 Å². The molecule has 0 aromatic carbocycles. The molecule has 2 unspecified atom stereocenters. The van der Waals surface area contributed by atoms with Gasteiger partial charge in [0, 0.05) is 20.1 Å². The first-order chi connectivity index (χ1) is 13.4. The third kappa shape index (κ3) is 12.5. The summed E-state index contributed by atoms with van der Waals surface area (Å²) >= 11 is 0. The van der Waals surface area contributed by atoms with Crippen molar-refractivity contribution in [1.82, 2.24) is 10.6 Å². The third-order valence-electron chi connectivity index (χ3n) is 3.71. The first-order valence-corrected chi connectivity index (χ1v) is 9.53. The SMILES string of the molecule is CCCCOC(=O)[C@H](C)NC(=O)CCNC(=O)OCC(OC)OC(CC)CO. The van der Waals surface area contributed by atoms with E-state index in [2.05, 4.69) is 10.6 Å². The molecule has 0 rings (SSSR count). The van der Waals surface area contributed by atoms with E-state index >= 15 is 0 Å². The smallest absolute Gasteiger partial charge is 0.407 e. The highest BCUT2D eigenvalue weighted by Crippen LogP contribution is 2.04. The largest absolute Gasteiger partial charge is 0.464 e. The maximum Gasteiger partial charge on any atom is 0.407 e. The quantitative estimate of drug-likeness (QED) is 0.206. The van der Waals surface area contributed by atoms with Crippen LogP contribution in [-0.2, 0) is 28.5 Å². The van der Waals surface area contributed by atoms with E-state index in [4.69, 9.17) is 24.1 Å². The summed E-state index contributed by atoms with van der Waals surface area (Å²) in [4.78, 5) is 35.1. The van der Waals surface area contributed by atoms with Crippen LogP contribution in [0.5, 0.6) is 0 Å². The van der Waals surface area contributed by atoms with Gasteiger partial charge in [0.25, 0.3) is 0 Å². The van der Waals surface area contributed by atoms with E-state index in [1.807, 2.05) is 13.8 Å². The Morgan fingerprint density at radius 1 is 1.14 bits per heavy atom. The minimum absolute atomic E-state index is 0.0195. The molecule has 10 heteroatoms. The number of carbonyl (C=O) groups excluding carboxylic acids is 3. The monoisotopic (exact) mass is 406 g/mol. The summed E-state index contributed by atoms with van der Waals surface area (Å²) in [6.45, 7) is 5.40. The predicted molar refractivity (Wildman–Crippen MR) is 100 cm³/mol. The van der Waals surface area contributed by atoms with Crippen LogP contribution in [0, 0.1) is 0 Å². The fraction of sp³-hybridized carbons (Fsp3) is 0.833. The highest BCUT2D eigenvalue weighted by Gasteiger charge is 2.18. The van der Waals surface area contributed by atoms with Gasteiger partial charge in [0.1, 0.15) is 12.6 Å². The number of ether oxygens (including phenoxy) is 4. The average molecular weight is 406 g/mol. The molecule has 0 radical (unpaired) electrons. The second-order valence-electron chi connectivity index (χ2n) is 6.10. The molecule has 2 amide bonds. The van der Waals surface area contributed by atoms with Gasteiger partial charge < -0.3 is 34.7 Å². The predicted octanol–water partition coefficient (Wildman–Crippen LogP) is 0.711. The molecule has 0 aliphatic carbocycles. The summed E-state index contributed by atoms with van der Waals surface area (Å²) in [7, 11) is 1.40. The lowest BCUT2D eigenvalue weighted by atomic mass is 10.3. The van der Waals surface area contributed by atoms with E-state index in [0.29, 0.717) is 13.0 Å². The van der Waals surface area contributed by atoms with Crippen LogP contribution >= 0.6 is 0 Å². The molecule has 0 spiro atoms.